The van der Waals surface area contributed by atoms with Crippen LogP contribution in [0.1, 0.15) is 24.2 Å². The van der Waals surface area contributed by atoms with Gasteiger partial charge in [-0.05, 0) is 19.1 Å². The molecule has 1 aromatic heterocycles. The third-order valence-corrected chi connectivity index (χ3v) is 2.67. The molecule has 2 aromatic rings. The minimum atomic E-state index is -0.641. The Kier molecular flexibility index (Phi) is 3.19. The molecule has 0 bridgehead atoms. The van der Waals surface area contributed by atoms with Gasteiger partial charge in [0, 0.05) is 24.4 Å². The van der Waals surface area contributed by atoms with E-state index in [4.69, 9.17) is 5.73 Å². The Bertz CT molecular complexity index is 522. The van der Waals surface area contributed by atoms with Crippen molar-refractivity contribution in [1.82, 2.24) is 9.78 Å². The summed E-state index contributed by atoms with van der Waals surface area (Å²) in [6.45, 7) is 2.57. The molecule has 0 aliphatic carbocycles. The molecule has 3 nitrogen and oxygen atoms in total. The van der Waals surface area contributed by atoms with Gasteiger partial charge in [0.05, 0.1) is 11.7 Å². The molecule has 0 fully saturated rings. The zero-order valence-electron chi connectivity index (χ0n) is 9.40. The fourth-order valence-electron chi connectivity index (χ4n) is 1.78. The molecule has 90 valence electrons. The van der Waals surface area contributed by atoms with Gasteiger partial charge in [-0.1, -0.05) is 6.07 Å². The fraction of sp³-hybridized carbons (Fsp3) is 0.250. The number of benzene rings is 1. The van der Waals surface area contributed by atoms with Crippen molar-refractivity contribution in [1.29, 1.82) is 0 Å². The SMILES string of the molecule is CCn1nccc1C(N)c1ccc(F)cc1F. The monoisotopic (exact) mass is 237 g/mol. The summed E-state index contributed by atoms with van der Waals surface area (Å²) in [6.07, 6.45) is 1.61. The van der Waals surface area contributed by atoms with Gasteiger partial charge in [0.1, 0.15) is 11.6 Å². The Hall–Kier alpha value is -1.75. The highest BCUT2D eigenvalue weighted by Gasteiger charge is 2.17. The van der Waals surface area contributed by atoms with Crippen molar-refractivity contribution >= 4 is 0 Å². The molecule has 1 heterocycles. The molecule has 5 heteroatoms. The van der Waals surface area contributed by atoms with Crippen LogP contribution >= 0.6 is 0 Å². The molecule has 0 aliphatic rings. The number of rotatable bonds is 3. The van der Waals surface area contributed by atoms with Gasteiger partial charge in [-0.3, -0.25) is 4.68 Å². The highest BCUT2D eigenvalue weighted by molar-refractivity contribution is 5.28. The van der Waals surface area contributed by atoms with Gasteiger partial charge in [-0.25, -0.2) is 8.78 Å². The van der Waals surface area contributed by atoms with Gasteiger partial charge < -0.3 is 5.73 Å². The molecule has 2 N–H and O–H groups in total. The van der Waals surface area contributed by atoms with E-state index in [0.717, 1.165) is 6.07 Å². The number of aromatic nitrogens is 2. The number of nitrogens with zero attached hydrogens (tertiary/aromatic N) is 2. The summed E-state index contributed by atoms with van der Waals surface area (Å²) in [5.74, 6) is -1.25. The molecule has 0 radical (unpaired) electrons. The third-order valence-electron chi connectivity index (χ3n) is 2.67. The minimum absolute atomic E-state index is 0.265. The highest BCUT2D eigenvalue weighted by Crippen LogP contribution is 2.22. The summed E-state index contributed by atoms with van der Waals surface area (Å²) in [4.78, 5) is 0. The average molecular weight is 237 g/mol. The molecule has 0 amide bonds. The van der Waals surface area contributed by atoms with Gasteiger partial charge >= 0.3 is 0 Å². The Labute approximate surface area is 97.9 Å². The lowest BCUT2D eigenvalue weighted by molar-refractivity contribution is 0.550. The molecule has 1 aromatic carbocycles. The summed E-state index contributed by atoms with van der Waals surface area (Å²) < 4.78 is 28.1. The van der Waals surface area contributed by atoms with E-state index in [1.54, 1.807) is 16.9 Å². The Morgan fingerprint density at radius 2 is 2.12 bits per heavy atom. The van der Waals surface area contributed by atoms with Gasteiger partial charge in [-0.15, -0.1) is 0 Å². The van der Waals surface area contributed by atoms with Gasteiger partial charge in [0.2, 0.25) is 0 Å². The standard InChI is InChI=1S/C12H13F2N3/c1-2-17-11(5-6-16-17)12(15)9-4-3-8(13)7-10(9)14/h3-7,12H,2,15H2,1H3. The Morgan fingerprint density at radius 3 is 2.76 bits per heavy atom. The van der Waals surface area contributed by atoms with Gasteiger partial charge in [0.15, 0.2) is 0 Å². The molecule has 17 heavy (non-hydrogen) atoms. The number of nitrogens with two attached hydrogens (primary N) is 1. The van der Waals surface area contributed by atoms with Crippen LogP contribution in [0.25, 0.3) is 0 Å². The van der Waals surface area contributed by atoms with Crippen molar-refractivity contribution in [3.63, 3.8) is 0 Å². The van der Waals surface area contributed by atoms with Crippen molar-refractivity contribution in [3.8, 4) is 0 Å². The number of hydrogen-bond acceptors (Lipinski definition) is 2. The smallest absolute Gasteiger partial charge is 0.131 e. The van der Waals surface area contributed by atoms with E-state index in [9.17, 15) is 8.78 Å². The largest absolute Gasteiger partial charge is 0.319 e. The summed E-state index contributed by atoms with van der Waals surface area (Å²) in [5.41, 5.74) is 6.94. The average Bonchev–Trinajstić information content (AvgIpc) is 2.76. The maximum absolute atomic E-state index is 13.6. The zero-order valence-corrected chi connectivity index (χ0v) is 9.40. The molecule has 0 spiro atoms. The van der Waals surface area contributed by atoms with Crippen LogP contribution in [0.3, 0.4) is 0 Å². The van der Waals surface area contributed by atoms with Crippen molar-refractivity contribution in [3.05, 3.63) is 53.4 Å². The van der Waals surface area contributed by atoms with Crippen LogP contribution in [0.2, 0.25) is 0 Å². The molecule has 0 saturated heterocycles. The topological polar surface area (TPSA) is 43.8 Å². The van der Waals surface area contributed by atoms with E-state index in [2.05, 4.69) is 5.10 Å². The van der Waals surface area contributed by atoms with E-state index in [1.807, 2.05) is 6.92 Å². The molecule has 2 rings (SSSR count). The van der Waals surface area contributed by atoms with Crippen molar-refractivity contribution in [2.75, 3.05) is 0 Å². The third kappa shape index (κ3) is 2.19. The maximum Gasteiger partial charge on any atom is 0.131 e. The fourth-order valence-corrected chi connectivity index (χ4v) is 1.78. The van der Waals surface area contributed by atoms with Crippen molar-refractivity contribution < 1.29 is 8.78 Å². The van der Waals surface area contributed by atoms with Crippen LogP contribution < -0.4 is 5.73 Å². The second-order valence-electron chi connectivity index (χ2n) is 3.72. The first kappa shape index (κ1) is 11.7. The van der Waals surface area contributed by atoms with Crippen LogP contribution in [0.4, 0.5) is 8.78 Å². The summed E-state index contributed by atoms with van der Waals surface area (Å²) in [6, 6.07) is 4.49. The second-order valence-corrected chi connectivity index (χ2v) is 3.72. The Morgan fingerprint density at radius 1 is 1.35 bits per heavy atom. The highest BCUT2D eigenvalue weighted by atomic mass is 19.1. The van der Waals surface area contributed by atoms with Crippen LogP contribution in [-0.4, -0.2) is 9.78 Å². The quantitative estimate of drug-likeness (QED) is 0.889. The van der Waals surface area contributed by atoms with E-state index in [0.29, 0.717) is 12.2 Å². The normalized spacial score (nSPS) is 12.7. The van der Waals surface area contributed by atoms with Gasteiger partial charge in [0.25, 0.3) is 0 Å². The van der Waals surface area contributed by atoms with Crippen LogP contribution in [0, 0.1) is 11.6 Å². The predicted octanol–water partition coefficient (Wildman–Crippen LogP) is 2.23. The molecule has 1 unspecified atom stereocenters. The first-order chi connectivity index (χ1) is 8.13. The summed E-state index contributed by atoms with van der Waals surface area (Å²) in [5, 5.41) is 4.07. The second kappa shape index (κ2) is 4.63. The minimum Gasteiger partial charge on any atom is -0.319 e. The number of halogens is 2. The maximum atomic E-state index is 13.6. The first-order valence-corrected chi connectivity index (χ1v) is 5.35. The van der Waals surface area contributed by atoms with E-state index in [1.165, 1.54) is 12.1 Å². The van der Waals surface area contributed by atoms with Crippen LogP contribution in [0.15, 0.2) is 30.5 Å². The molecular weight excluding hydrogens is 224 g/mol. The lowest BCUT2D eigenvalue weighted by atomic mass is 10.0. The molecular formula is C12H13F2N3. The van der Waals surface area contributed by atoms with E-state index >= 15 is 0 Å². The lowest BCUT2D eigenvalue weighted by Crippen LogP contribution is -2.18. The van der Waals surface area contributed by atoms with Crippen molar-refractivity contribution in [2.45, 2.75) is 19.5 Å². The molecule has 1 atom stereocenters. The van der Waals surface area contributed by atoms with Crippen LogP contribution in [0.5, 0.6) is 0 Å². The Balaban J connectivity index is 2.40. The molecule has 0 saturated carbocycles. The summed E-state index contributed by atoms with van der Waals surface area (Å²) in [7, 11) is 0. The van der Waals surface area contributed by atoms with Gasteiger partial charge in [-0.2, -0.15) is 5.10 Å². The van der Waals surface area contributed by atoms with E-state index < -0.39 is 17.7 Å². The summed E-state index contributed by atoms with van der Waals surface area (Å²) >= 11 is 0. The number of aryl methyl sites for hydroxylation is 1. The van der Waals surface area contributed by atoms with E-state index in [-0.39, 0.29) is 5.56 Å². The number of hydrogen-bond donors (Lipinski definition) is 1. The lowest BCUT2D eigenvalue weighted by Gasteiger charge is -2.14. The van der Waals surface area contributed by atoms with Crippen molar-refractivity contribution in [2.24, 2.45) is 5.73 Å². The predicted molar refractivity (Wildman–Crippen MR) is 60.3 cm³/mol. The van der Waals surface area contributed by atoms with Crippen LogP contribution in [-0.2, 0) is 6.54 Å². The first-order valence-electron chi connectivity index (χ1n) is 5.35. The zero-order chi connectivity index (χ0) is 12.4. The molecule has 0 aliphatic heterocycles.